The third-order valence-corrected chi connectivity index (χ3v) is 6.80. The maximum atomic E-state index is 13.3. The third-order valence-electron chi connectivity index (χ3n) is 4.65. The van der Waals surface area contributed by atoms with Gasteiger partial charge in [0, 0.05) is 18.0 Å². The number of fused-ring (bicyclic) bond motifs is 2. The lowest BCUT2D eigenvalue weighted by Crippen LogP contribution is -2.46. The van der Waals surface area contributed by atoms with Gasteiger partial charge in [0.1, 0.15) is 5.15 Å². The van der Waals surface area contributed by atoms with Crippen molar-refractivity contribution in [2.45, 2.75) is 24.3 Å². The highest BCUT2D eigenvalue weighted by Crippen LogP contribution is 2.32. The van der Waals surface area contributed by atoms with Crippen LogP contribution in [0.1, 0.15) is 11.1 Å². The van der Waals surface area contributed by atoms with E-state index in [-0.39, 0.29) is 17.5 Å². The summed E-state index contributed by atoms with van der Waals surface area (Å²) in [5, 5.41) is 1.16. The third kappa shape index (κ3) is 2.84. The standard InChI is InChI=1S/C19H18ClN3O2S/c1-12-8-14-10-16(6-7-17(14)22-19(12)20)26(24,25)23-11-15(21)9-13-4-2-3-5-18(13)23/h2-8,10,15H,9,11,21H2,1H3. The molecule has 1 unspecified atom stereocenters. The van der Waals surface area contributed by atoms with Crippen LogP contribution in [0.15, 0.2) is 53.4 Å². The number of aryl methyl sites for hydroxylation is 1. The summed E-state index contributed by atoms with van der Waals surface area (Å²) < 4.78 is 28.0. The Bertz CT molecular complexity index is 1110. The summed E-state index contributed by atoms with van der Waals surface area (Å²) in [6.07, 6.45) is 0.668. The van der Waals surface area contributed by atoms with Gasteiger partial charge in [0.05, 0.1) is 16.1 Å². The van der Waals surface area contributed by atoms with Gasteiger partial charge in [-0.1, -0.05) is 29.8 Å². The van der Waals surface area contributed by atoms with Crippen LogP contribution in [0.5, 0.6) is 0 Å². The summed E-state index contributed by atoms with van der Waals surface area (Å²) >= 11 is 6.06. The van der Waals surface area contributed by atoms with Gasteiger partial charge < -0.3 is 5.73 Å². The maximum absolute atomic E-state index is 13.3. The van der Waals surface area contributed by atoms with E-state index in [0.717, 1.165) is 16.5 Å². The molecule has 0 fully saturated rings. The highest BCUT2D eigenvalue weighted by molar-refractivity contribution is 7.92. The van der Waals surface area contributed by atoms with Crippen LogP contribution >= 0.6 is 11.6 Å². The molecule has 1 atom stereocenters. The van der Waals surface area contributed by atoms with Crippen LogP contribution in [0.4, 0.5) is 5.69 Å². The molecule has 26 heavy (non-hydrogen) atoms. The number of halogens is 1. The zero-order chi connectivity index (χ0) is 18.5. The summed E-state index contributed by atoms with van der Waals surface area (Å²) in [5.41, 5.74) is 9.22. The van der Waals surface area contributed by atoms with Crippen molar-refractivity contribution in [2.24, 2.45) is 5.73 Å². The molecule has 134 valence electrons. The Hall–Kier alpha value is -2.15. The van der Waals surface area contributed by atoms with Gasteiger partial charge in [-0.2, -0.15) is 0 Å². The number of para-hydroxylation sites is 1. The monoisotopic (exact) mass is 387 g/mol. The van der Waals surface area contributed by atoms with Crippen molar-refractivity contribution in [2.75, 3.05) is 10.8 Å². The van der Waals surface area contributed by atoms with Crippen LogP contribution in [0, 0.1) is 6.92 Å². The largest absolute Gasteiger partial charge is 0.326 e. The zero-order valence-corrected chi connectivity index (χ0v) is 15.8. The lowest BCUT2D eigenvalue weighted by Gasteiger charge is -2.33. The molecule has 0 aliphatic carbocycles. The molecule has 3 aromatic rings. The van der Waals surface area contributed by atoms with Crippen molar-refractivity contribution < 1.29 is 8.42 Å². The van der Waals surface area contributed by atoms with Gasteiger partial charge in [0.2, 0.25) is 0 Å². The summed E-state index contributed by atoms with van der Waals surface area (Å²) in [4.78, 5) is 4.52. The molecule has 5 nitrogen and oxygen atoms in total. The first-order valence-corrected chi connectivity index (χ1v) is 10.1. The Morgan fingerprint density at radius 3 is 2.77 bits per heavy atom. The number of aromatic nitrogens is 1. The molecule has 0 amide bonds. The van der Waals surface area contributed by atoms with Crippen molar-refractivity contribution in [3.63, 3.8) is 0 Å². The minimum atomic E-state index is -3.73. The number of rotatable bonds is 2. The van der Waals surface area contributed by atoms with E-state index in [9.17, 15) is 8.42 Å². The second-order valence-electron chi connectivity index (χ2n) is 6.58. The number of nitrogens with zero attached hydrogens (tertiary/aromatic N) is 2. The molecule has 4 rings (SSSR count). The first kappa shape index (κ1) is 17.3. The van der Waals surface area contributed by atoms with Crippen molar-refractivity contribution >= 4 is 38.2 Å². The van der Waals surface area contributed by atoms with Crippen molar-refractivity contribution in [3.8, 4) is 0 Å². The first-order chi connectivity index (χ1) is 12.4. The number of pyridine rings is 1. The minimum Gasteiger partial charge on any atom is -0.326 e. The van der Waals surface area contributed by atoms with E-state index >= 15 is 0 Å². The topological polar surface area (TPSA) is 76.3 Å². The summed E-state index contributed by atoms with van der Waals surface area (Å²) in [6, 6.07) is 14.0. The van der Waals surface area contributed by atoms with Gasteiger partial charge in [-0.05, 0) is 54.8 Å². The normalized spacial score (nSPS) is 17.3. The first-order valence-electron chi connectivity index (χ1n) is 8.29. The van der Waals surface area contributed by atoms with Gasteiger partial charge in [-0.15, -0.1) is 0 Å². The number of anilines is 1. The SMILES string of the molecule is Cc1cc2cc(S(=O)(=O)N3CC(N)Cc4ccccc43)ccc2nc1Cl. The summed E-state index contributed by atoms with van der Waals surface area (Å²) in [5.74, 6) is 0. The average Bonchev–Trinajstić information content (AvgIpc) is 2.61. The minimum absolute atomic E-state index is 0.220. The van der Waals surface area contributed by atoms with Crippen molar-refractivity contribution in [1.82, 2.24) is 4.98 Å². The Balaban J connectivity index is 1.84. The Morgan fingerprint density at radius 2 is 1.96 bits per heavy atom. The summed E-state index contributed by atoms with van der Waals surface area (Å²) in [6.45, 7) is 2.10. The van der Waals surface area contributed by atoms with E-state index in [1.165, 1.54) is 4.31 Å². The van der Waals surface area contributed by atoms with E-state index < -0.39 is 10.0 Å². The Labute approximate surface area is 157 Å². The number of nitrogens with two attached hydrogens (primary N) is 1. The maximum Gasteiger partial charge on any atom is 0.264 e. The Kier molecular flexibility index (Phi) is 4.14. The zero-order valence-electron chi connectivity index (χ0n) is 14.2. The molecule has 1 aromatic heterocycles. The van der Waals surface area contributed by atoms with E-state index in [1.807, 2.05) is 37.3 Å². The van der Waals surface area contributed by atoms with Gasteiger partial charge in [-0.3, -0.25) is 4.31 Å². The molecule has 2 aromatic carbocycles. The fourth-order valence-electron chi connectivity index (χ4n) is 3.34. The predicted molar refractivity (Wildman–Crippen MR) is 104 cm³/mol. The van der Waals surface area contributed by atoms with Crippen LogP contribution in [0.3, 0.4) is 0 Å². The number of hydrogen-bond donors (Lipinski definition) is 1. The second kappa shape index (κ2) is 6.23. The van der Waals surface area contributed by atoms with Gasteiger partial charge >= 0.3 is 0 Å². The van der Waals surface area contributed by atoms with Crippen molar-refractivity contribution in [3.05, 3.63) is 64.8 Å². The molecule has 7 heteroatoms. The molecule has 0 radical (unpaired) electrons. The van der Waals surface area contributed by atoms with E-state index in [0.29, 0.717) is 22.8 Å². The number of hydrogen-bond acceptors (Lipinski definition) is 4. The molecular weight excluding hydrogens is 370 g/mol. The highest BCUT2D eigenvalue weighted by atomic mass is 35.5. The van der Waals surface area contributed by atoms with Crippen LogP contribution in [-0.4, -0.2) is 26.0 Å². The second-order valence-corrected chi connectivity index (χ2v) is 8.80. The number of sulfonamides is 1. The molecule has 0 saturated heterocycles. The molecule has 0 bridgehead atoms. The molecule has 0 saturated carbocycles. The highest BCUT2D eigenvalue weighted by Gasteiger charge is 2.32. The number of benzene rings is 2. The fourth-order valence-corrected chi connectivity index (χ4v) is 5.08. The molecule has 1 aliphatic heterocycles. The molecule has 2 heterocycles. The van der Waals surface area contributed by atoms with Crippen LogP contribution in [0.25, 0.3) is 10.9 Å². The van der Waals surface area contributed by atoms with Crippen molar-refractivity contribution in [1.29, 1.82) is 0 Å². The van der Waals surface area contributed by atoms with E-state index in [1.54, 1.807) is 18.2 Å². The van der Waals surface area contributed by atoms with Gasteiger partial charge in [0.15, 0.2) is 0 Å². The lowest BCUT2D eigenvalue weighted by molar-refractivity contribution is 0.575. The van der Waals surface area contributed by atoms with Gasteiger partial charge in [0.25, 0.3) is 10.0 Å². The molecule has 0 spiro atoms. The van der Waals surface area contributed by atoms with E-state index in [4.69, 9.17) is 17.3 Å². The van der Waals surface area contributed by atoms with Crippen LogP contribution in [-0.2, 0) is 16.4 Å². The lowest BCUT2D eigenvalue weighted by atomic mass is 10.0. The molecule has 2 N–H and O–H groups in total. The van der Waals surface area contributed by atoms with Crippen LogP contribution < -0.4 is 10.0 Å². The van der Waals surface area contributed by atoms with E-state index in [2.05, 4.69) is 4.98 Å². The fraction of sp³-hybridized carbons (Fsp3) is 0.211. The van der Waals surface area contributed by atoms with Gasteiger partial charge in [-0.25, -0.2) is 13.4 Å². The molecular formula is C19H18ClN3O2S. The smallest absolute Gasteiger partial charge is 0.264 e. The Morgan fingerprint density at radius 1 is 1.19 bits per heavy atom. The predicted octanol–water partition coefficient (Wildman–Crippen LogP) is 3.28. The average molecular weight is 388 g/mol. The summed E-state index contributed by atoms with van der Waals surface area (Å²) in [7, 11) is -3.73. The quantitative estimate of drug-likeness (QED) is 0.684. The molecule has 1 aliphatic rings. The van der Waals surface area contributed by atoms with Crippen LogP contribution in [0.2, 0.25) is 5.15 Å².